The van der Waals surface area contributed by atoms with Crippen LogP contribution in [0.15, 0.2) is 15.5 Å². The van der Waals surface area contributed by atoms with Crippen molar-refractivity contribution in [3.05, 3.63) is 16.7 Å². The van der Waals surface area contributed by atoms with Crippen LogP contribution in [0.5, 0.6) is 17.2 Å². The molecule has 0 radical (unpaired) electrons. The third-order valence-electron chi connectivity index (χ3n) is 0.938. The van der Waals surface area contributed by atoms with Gasteiger partial charge in [0, 0.05) is 0 Å². The van der Waals surface area contributed by atoms with Crippen LogP contribution in [0.25, 0.3) is 0 Å². The molecular formula is C5H4O5. The molecule has 0 atom stereocenters. The molecule has 0 fully saturated rings. The van der Waals surface area contributed by atoms with E-state index in [1.807, 2.05) is 0 Å². The predicted octanol–water partition coefficient (Wildman–Crippen LogP) is -0.243. The van der Waals surface area contributed by atoms with Crippen LogP contribution in [0.4, 0.5) is 0 Å². The van der Waals surface area contributed by atoms with Crippen LogP contribution in [-0.4, -0.2) is 15.3 Å². The number of hydrogen-bond donors (Lipinski definition) is 3. The van der Waals surface area contributed by atoms with E-state index < -0.39 is 22.9 Å². The van der Waals surface area contributed by atoms with Crippen LogP contribution in [0.1, 0.15) is 0 Å². The molecule has 54 valence electrons. The normalized spacial score (nSPS) is 9.60. The highest BCUT2D eigenvalue weighted by Gasteiger charge is 2.09. The third kappa shape index (κ3) is 0.771. The standard InChI is InChI=1S/C5H4O5/c6-2-1-10-5(9)4(8)3(2)7/h1,6-8H. The van der Waals surface area contributed by atoms with Gasteiger partial charge < -0.3 is 19.7 Å². The first-order valence-corrected chi connectivity index (χ1v) is 2.35. The molecule has 0 amide bonds. The van der Waals surface area contributed by atoms with E-state index >= 15 is 0 Å². The Balaban J connectivity index is 3.49. The Kier molecular flexibility index (Phi) is 1.26. The van der Waals surface area contributed by atoms with Crippen molar-refractivity contribution in [2.24, 2.45) is 0 Å². The Morgan fingerprint density at radius 1 is 1.20 bits per heavy atom. The molecule has 1 rings (SSSR count). The van der Waals surface area contributed by atoms with Gasteiger partial charge in [-0.05, 0) is 0 Å². The zero-order valence-corrected chi connectivity index (χ0v) is 4.74. The van der Waals surface area contributed by atoms with Crippen molar-refractivity contribution in [1.29, 1.82) is 0 Å². The first kappa shape index (κ1) is 6.47. The van der Waals surface area contributed by atoms with Crippen molar-refractivity contribution in [3.63, 3.8) is 0 Å². The second kappa shape index (κ2) is 1.94. The van der Waals surface area contributed by atoms with E-state index in [2.05, 4.69) is 4.42 Å². The van der Waals surface area contributed by atoms with Gasteiger partial charge in [-0.15, -0.1) is 0 Å². The molecule has 0 saturated heterocycles. The van der Waals surface area contributed by atoms with Crippen LogP contribution in [0, 0.1) is 0 Å². The summed E-state index contributed by atoms with van der Waals surface area (Å²) in [5.74, 6) is -2.52. The molecular weight excluding hydrogens is 140 g/mol. The molecule has 1 aromatic rings. The van der Waals surface area contributed by atoms with Gasteiger partial charge in [0.1, 0.15) is 6.26 Å². The summed E-state index contributed by atoms with van der Waals surface area (Å²) >= 11 is 0. The zero-order valence-electron chi connectivity index (χ0n) is 4.74. The molecule has 0 aliphatic rings. The number of hydrogen-bond acceptors (Lipinski definition) is 5. The van der Waals surface area contributed by atoms with Crippen LogP contribution in [-0.2, 0) is 0 Å². The van der Waals surface area contributed by atoms with E-state index in [1.165, 1.54) is 0 Å². The van der Waals surface area contributed by atoms with Gasteiger partial charge in [0.15, 0.2) is 5.75 Å². The van der Waals surface area contributed by atoms with Crippen molar-refractivity contribution in [3.8, 4) is 17.2 Å². The van der Waals surface area contributed by atoms with E-state index in [0.717, 1.165) is 0 Å². The number of rotatable bonds is 0. The maximum absolute atomic E-state index is 10.3. The molecule has 0 saturated carbocycles. The van der Waals surface area contributed by atoms with E-state index in [1.54, 1.807) is 0 Å². The maximum atomic E-state index is 10.3. The first-order chi connectivity index (χ1) is 4.63. The second-order valence-electron chi connectivity index (χ2n) is 1.61. The van der Waals surface area contributed by atoms with Crippen molar-refractivity contribution in [2.75, 3.05) is 0 Å². The molecule has 0 aliphatic carbocycles. The molecule has 0 aliphatic heterocycles. The van der Waals surface area contributed by atoms with Gasteiger partial charge in [-0.2, -0.15) is 0 Å². The Bertz CT molecular complexity index is 299. The summed E-state index contributed by atoms with van der Waals surface area (Å²) in [6.45, 7) is 0. The van der Waals surface area contributed by atoms with Crippen molar-refractivity contribution in [1.82, 2.24) is 0 Å². The number of aromatic hydroxyl groups is 3. The average Bonchev–Trinajstić information content (AvgIpc) is 1.93. The summed E-state index contributed by atoms with van der Waals surface area (Å²) in [4.78, 5) is 10.3. The van der Waals surface area contributed by atoms with Crippen LogP contribution >= 0.6 is 0 Å². The molecule has 0 spiro atoms. The summed E-state index contributed by atoms with van der Waals surface area (Å²) in [5.41, 5.74) is -1.09. The molecule has 5 heteroatoms. The Labute approximate surface area is 54.8 Å². The lowest BCUT2D eigenvalue weighted by molar-refractivity contribution is 0.326. The fourth-order valence-corrected chi connectivity index (χ4v) is 0.439. The summed E-state index contributed by atoms with van der Waals surface area (Å²) in [6, 6.07) is 0. The second-order valence-corrected chi connectivity index (χ2v) is 1.61. The monoisotopic (exact) mass is 144 g/mol. The Morgan fingerprint density at radius 3 is 2.30 bits per heavy atom. The molecule has 10 heavy (non-hydrogen) atoms. The van der Waals surface area contributed by atoms with Crippen LogP contribution in [0.3, 0.4) is 0 Å². The highest BCUT2D eigenvalue weighted by Crippen LogP contribution is 2.29. The summed E-state index contributed by atoms with van der Waals surface area (Å²) in [5, 5.41) is 25.8. The lowest BCUT2D eigenvalue weighted by Gasteiger charge is -1.94. The van der Waals surface area contributed by atoms with Gasteiger partial charge >= 0.3 is 5.63 Å². The van der Waals surface area contributed by atoms with E-state index in [4.69, 9.17) is 15.3 Å². The van der Waals surface area contributed by atoms with Crippen LogP contribution in [0.2, 0.25) is 0 Å². The smallest absolute Gasteiger partial charge is 0.382 e. The predicted molar refractivity (Wildman–Crippen MR) is 30.0 cm³/mol. The fourth-order valence-electron chi connectivity index (χ4n) is 0.439. The minimum Gasteiger partial charge on any atom is -0.502 e. The van der Waals surface area contributed by atoms with Crippen molar-refractivity contribution < 1.29 is 19.7 Å². The fraction of sp³-hybridized carbons (Fsp3) is 0. The van der Waals surface area contributed by atoms with E-state index in [-0.39, 0.29) is 0 Å². The van der Waals surface area contributed by atoms with Gasteiger partial charge in [-0.1, -0.05) is 0 Å². The van der Waals surface area contributed by atoms with Crippen LogP contribution < -0.4 is 5.63 Å². The largest absolute Gasteiger partial charge is 0.502 e. The van der Waals surface area contributed by atoms with Crippen molar-refractivity contribution >= 4 is 0 Å². The molecule has 1 heterocycles. The van der Waals surface area contributed by atoms with Gasteiger partial charge in [0.25, 0.3) is 0 Å². The molecule has 1 aromatic heterocycles. The molecule has 0 aromatic carbocycles. The molecule has 0 bridgehead atoms. The Morgan fingerprint density at radius 2 is 1.80 bits per heavy atom. The van der Waals surface area contributed by atoms with Gasteiger partial charge in [0.05, 0.1) is 0 Å². The van der Waals surface area contributed by atoms with E-state index in [0.29, 0.717) is 6.26 Å². The summed E-state index contributed by atoms with van der Waals surface area (Å²) in [7, 11) is 0. The topological polar surface area (TPSA) is 90.9 Å². The van der Waals surface area contributed by atoms with Crippen molar-refractivity contribution in [2.45, 2.75) is 0 Å². The molecule has 5 nitrogen and oxygen atoms in total. The maximum Gasteiger partial charge on any atom is 0.382 e. The lowest BCUT2D eigenvalue weighted by Crippen LogP contribution is -1.95. The molecule has 3 N–H and O–H groups in total. The quantitative estimate of drug-likeness (QED) is 0.467. The minimum atomic E-state index is -1.09. The average molecular weight is 144 g/mol. The molecule has 0 unspecified atom stereocenters. The van der Waals surface area contributed by atoms with Gasteiger partial charge in [-0.3, -0.25) is 0 Å². The van der Waals surface area contributed by atoms with Gasteiger partial charge in [0.2, 0.25) is 11.5 Å². The van der Waals surface area contributed by atoms with E-state index in [9.17, 15) is 4.79 Å². The highest BCUT2D eigenvalue weighted by molar-refractivity contribution is 5.43. The SMILES string of the molecule is O=c1occ(O)c(O)c1O. The third-order valence-corrected chi connectivity index (χ3v) is 0.938. The Hall–Kier alpha value is -1.65. The summed E-state index contributed by atoms with van der Waals surface area (Å²) < 4.78 is 4.05. The lowest BCUT2D eigenvalue weighted by atomic mass is 10.4. The van der Waals surface area contributed by atoms with Gasteiger partial charge in [-0.25, -0.2) is 4.79 Å². The minimum absolute atomic E-state index is 0.636. The first-order valence-electron chi connectivity index (χ1n) is 2.35. The highest BCUT2D eigenvalue weighted by atomic mass is 16.4. The zero-order chi connectivity index (χ0) is 7.72. The summed E-state index contributed by atoms with van der Waals surface area (Å²) in [6.07, 6.45) is 0.636.